The van der Waals surface area contributed by atoms with E-state index in [0.717, 1.165) is 6.54 Å². The molecule has 0 amide bonds. The number of benzene rings is 1. The van der Waals surface area contributed by atoms with Crippen molar-refractivity contribution in [3.05, 3.63) is 47.3 Å². The second-order valence-electron chi connectivity index (χ2n) is 5.17. The van der Waals surface area contributed by atoms with Crippen molar-refractivity contribution in [2.75, 3.05) is 6.54 Å². The molecular formula is C16H19NOS. The number of aliphatic hydroxyl groups excluding tert-OH is 1. The van der Waals surface area contributed by atoms with Gasteiger partial charge < -0.3 is 10.4 Å². The fourth-order valence-electron chi connectivity index (χ4n) is 2.22. The molecule has 3 heteroatoms. The van der Waals surface area contributed by atoms with Crippen molar-refractivity contribution in [1.29, 1.82) is 0 Å². The van der Waals surface area contributed by atoms with Gasteiger partial charge in [0.05, 0.1) is 6.10 Å². The van der Waals surface area contributed by atoms with Crippen LogP contribution in [-0.2, 0) is 6.54 Å². The molecule has 2 nitrogen and oxygen atoms in total. The Bertz CT molecular complexity index is 519. The summed E-state index contributed by atoms with van der Waals surface area (Å²) in [4.78, 5) is 2.63. The third-order valence-electron chi connectivity index (χ3n) is 3.54. The summed E-state index contributed by atoms with van der Waals surface area (Å²) in [7, 11) is 0. The molecule has 0 spiro atoms. The minimum Gasteiger partial charge on any atom is -0.392 e. The largest absolute Gasteiger partial charge is 0.392 e. The molecule has 100 valence electrons. The fraction of sp³-hybridized carbons (Fsp3) is 0.375. The summed E-state index contributed by atoms with van der Waals surface area (Å²) in [5, 5.41) is 13.1. The topological polar surface area (TPSA) is 32.3 Å². The Balaban J connectivity index is 1.53. The van der Waals surface area contributed by atoms with Crippen molar-refractivity contribution in [2.45, 2.75) is 25.5 Å². The van der Waals surface area contributed by atoms with Gasteiger partial charge in [-0.2, -0.15) is 0 Å². The van der Waals surface area contributed by atoms with Crippen LogP contribution in [0.2, 0.25) is 0 Å². The van der Waals surface area contributed by atoms with E-state index in [0.29, 0.717) is 12.5 Å². The van der Waals surface area contributed by atoms with Gasteiger partial charge in [0.15, 0.2) is 0 Å². The first-order valence-electron chi connectivity index (χ1n) is 6.86. The van der Waals surface area contributed by atoms with Crippen LogP contribution in [0.1, 0.15) is 17.7 Å². The van der Waals surface area contributed by atoms with E-state index >= 15 is 0 Å². The first-order chi connectivity index (χ1) is 9.33. The summed E-state index contributed by atoms with van der Waals surface area (Å²) in [6.07, 6.45) is 2.23. The average molecular weight is 273 g/mol. The number of hydrogen-bond donors (Lipinski definition) is 2. The lowest BCUT2D eigenvalue weighted by Gasteiger charge is -2.09. The standard InChI is InChI=1S/C16H19NOS/c18-15(12-6-7-12)11-17-10-14-8-9-16(19-14)13-4-2-1-3-5-13/h1-5,8-9,12,15,17-18H,6-7,10-11H2. The van der Waals surface area contributed by atoms with Crippen LogP contribution in [0.3, 0.4) is 0 Å². The molecule has 0 bridgehead atoms. The lowest BCUT2D eigenvalue weighted by atomic mass is 10.2. The highest BCUT2D eigenvalue weighted by Crippen LogP contribution is 2.32. The van der Waals surface area contributed by atoms with Crippen LogP contribution >= 0.6 is 11.3 Å². The Kier molecular flexibility index (Phi) is 3.97. The number of hydrogen-bond acceptors (Lipinski definition) is 3. The van der Waals surface area contributed by atoms with Gasteiger partial charge in [0.1, 0.15) is 0 Å². The van der Waals surface area contributed by atoms with Crippen LogP contribution in [0.4, 0.5) is 0 Å². The summed E-state index contributed by atoms with van der Waals surface area (Å²) in [5.74, 6) is 0.552. The Hall–Kier alpha value is -1.16. The molecule has 1 saturated carbocycles. The van der Waals surface area contributed by atoms with Crippen LogP contribution < -0.4 is 5.32 Å². The number of nitrogens with one attached hydrogen (secondary N) is 1. The third kappa shape index (κ3) is 3.44. The molecule has 1 heterocycles. The summed E-state index contributed by atoms with van der Waals surface area (Å²) in [6.45, 7) is 1.56. The highest BCUT2D eigenvalue weighted by molar-refractivity contribution is 7.15. The van der Waals surface area contributed by atoms with E-state index in [1.165, 1.54) is 28.2 Å². The van der Waals surface area contributed by atoms with Gasteiger partial charge in [0, 0.05) is 22.8 Å². The van der Waals surface area contributed by atoms with Crippen LogP contribution in [0.5, 0.6) is 0 Å². The minimum absolute atomic E-state index is 0.159. The first-order valence-corrected chi connectivity index (χ1v) is 7.67. The van der Waals surface area contributed by atoms with E-state index in [-0.39, 0.29) is 6.10 Å². The summed E-state index contributed by atoms with van der Waals surface area (Å²) < 4.78 is 0. The van der Waals surface area contributed by atoms with Crippen LogP contribution in [0, 0.1) is 5.92 Å². The zero-order valence-electron chi connectivity index (χ0n) is 10.9. The van der Waals surface area contributed by atoms with Gasteiger partial charge in [0.2, 0.25) is 0 Å². The van der Waals surface area contributed by atoms with Gasteiger partial charge in [-0.3, -0.25) is 0 Å². The van der Waals surface area contributed by atoms with E-state index in [4.69, 9.17) is 0 Å². The minimum atomic E-state index is -0.159. The Morgan fingerprint density at radius 2 is 1.95 bits per heavy atom. The first kappa shape index (κ1) is 12.9. The molecule has 1 unspecified atom stereocenters. The van der Waals surface area contributed by atoms with E-state index in [1.807, 2.05) is 17.4 Å². The van der Waals surface area contributed by atoms with Gasteiger partial charge in [-0.25, -0.2) is 0 Å². The van der Waals surface area contributed by atoms with Gasteiger partial charge >= 0.3 is 0 Å². The van der Waals surface area contributed by atoms with Gasteiger partial charge in [0.25, 0.3) is 0 Å². The Morgan fingerprint density at radius 3 is 2.68 bits per heavy atom. The lowest BCUT2D eigenvalue weighted by Crippen LogP contribution is -2.27. The van der Waals surface area contributed by atoms with E-state index in [1.54, 1.807) is 0 Å². The van der Waals surface area contributed by atoms with E-state index in [2.05, 4.69) is 41.7 Å². The molecule has 0 aliphatic heterocycles. The predicted molar refractivity (Wildman–Crippen MR) is 80.2 cm³/mol. The molecule has 2 aromatic rings. The average Bonchev–Trinajstić information content (AvgIpc) is 3.20. The van der Waals surface area contributed by atoms with Crippen molar-refractivity contribution in [1.82, 2.24) is 5.32 Å². The molecule has 0 radical (unpaired) electrons. The monoisotopic (exact) mass is 273 g/mol. The van der Waals surface area contributed by atoms with Gasteiger partial charge in [-0.05, 0) is 36.5 Å². The lowest BCUT2D eigenvalue weighted by molar-refractivity contribution is 0.148. The molecule has 2 N–H and O–H groups in total. The van der Waals surface area contributed by atoms with E-state index in [9.17, 15) is 5.11 Å². The molecule has 1 aliphatic carbocycles. The van der Waals surface area contributed by atoms with Crippen LogP contribution in [-0.4, -0.2) is 17.8 Å². The molecule has 0 saturated heterocycles. The molecule has 1 aromatic carbocycles. The van der Waals surface area contributed by atoms with Crippen molar-refractivity contribution in [3.8, 4) is 10.4 Å². The van der Waals surface area contributed by atoms with Crippen molar-refractivity contribution in [2.24, 2.45) is 5.92 Å². The third-order valence-corrected chi connectivity index (χ3v) is 4.67. The van der Waals surface area contributed by atoms with Crippen molar-refractivity contribution in [3.63, 3.8) is 0 Å². The molecule has 1 aliphatic rings. The van der Waals surface area contributed by atoms with Gasteiger partial charge in [-0.1, -0.05) is 30.3 Å². The van der Waals surface area contributed by atoms with E-state index < -0.39 is 0 Å². The highest BCUT2D eigenvalue weighted by atomic mass is 32.1. The SMILES string of the molecule is OC(CNCc1ccc(-c2ccccc2)s1)C1CC1. The number of thiophene rings is 1. The summed E-state index contributed by atoms with van der Waals surface area (Å²) in [6, 6.07) is 14.8. The molecule has 3 rings (SSSR count). The maximum absolute atomic E-state index is 9.79. The second kappa shape index (κ2) is 5.87. The summed E-state index contributed by atoms with van der Waals surface area (Å²) in [5.41, 5.74) is 1.27. The van der Waals surface area contributed by atoms with Gasteiger partial charge in [-0.15, -0.1) is 11.3 Å². The molecular weight excluding hydrogens is 254 g/mol. The normalized spacial score (nSPS) is 16.5. The Labute approximate surface area is 118 Å². The molecule has 1 atom stereocenters. The maximum Gasteiger partial charge on any atom is 0.0692 e. The molecule has 19 heavy (non-hydrogen) atoms. The summed E-state index contributed by atoms with van der Waals surface area (Å²) >= 11 is 1.82. The number of aliphatic hydroxyl groups is 1. The molecule has 1 fully saturated rings. The van der Waals surface area contributed by atoms with Crippen LogP contribution in [0.15, 0.2) is 42.5 Å². The maximum atomic E-state index is 9.79. The van der Waals surface area contributed by atoms with Crippen molar-refractivity contribution >= 4 is 11.3 Å². The Morgan fingerprint density at radius 1 is 1.16 bits per heavy atom. The highest BCUT2D eigenvalue weighted by Gasteiger charge is 2.29. The quantitative estimate of drug-likeness (QED) is 0.846. The predicted octanol–water partition coefficient (Wildman–Crippen LogP) is 3.28. The number of rotatable bonds is 6. The van der Waals surface area contributed by atoms with Crippen LogP contribution in [0.25, 0.3) is 10.4 Å². The van der Waals surface area contributed by atoms with Crippen molar-refractivity contribution < 1.29 is 5.11 Å². The smallest absolute Gasteiger partial charge is 0.0692 e. The second-order valence-corrected chi connectivity index (χ2v) is 6.34. The zero-order valence-corrected chi connectivity index (χ0v) is 11.7. The zero-order chi connectivity index (χ0) is 13.1. The molecule has 1 aromatic heterocycles. The fourth-order valence-corrected chi connectivity index (χ4v) is 3.20.